The maximum Gasteiger partial charge on any atom is 0.0991 e. The summed E-state index contributed by atoms with van der Waals surface area (Å²) < 4.78 is 0.895. The molecule has 0 aliphatic carbocycles. The molecule has 18 heavy (non-hydrogen) atoms. The first-order valence-corrected chi connectivity index (χ1v) is 6.26. The number of aliphatic hydroxyl groups excluding tert-OH is 1. The van der Waals surface area contributed by atoms with Gasteiger partial charge in [0.15, 0.2) is 0 Å². The molecule has 2 aromatic rings. The molecule has 1 aromatic carbocycles. The minimum atomic E-state index is -0.589. The maximum absolute atomic E-state index is 10.1. The van der Waals surface area contributed by atoms with E-state index in [0.29, 0.717) is 12.0 Å². The van der Waals surface area contributed by atoms with Gasteiger partial charge in [0, 0.05) is 23.3 Å². The summed E-state index contributed by atoms with van der Waals surface area (Å²) >= 11 is 3.35. The molecule has 0 aliphatic rings. The molecule has 2 rings (SSSR count). The molecule has 1 aromatic heterocycles. The number of benzene rings is 1. The number of hydrogen-bond donors (Lipinski definition) is 1. The molecule has 0 saturated heterocycles. The Hall–Kier alpha value is -1.70. The standard InChI is InChI=1S/C14H11BrN2O/c15-13-5-11(8-17-9-13)6-14(18)12-3-1-10(7-16)2-4-12/h1-5,8-9,14,18H,6H2. The Morgan fingerprint density at radius 1 is 1.28 bits per heavy atom. The second-order valence-electron chi connectivity index (χ2n) is 3.97. The number of nitriles is 1. The summed E-state index contributed by atoms with van der Waals surface area (Å²) in [5, 5.41) is 18.8. The maximum atomic E-state index is 10.1. The average Bonchev–Trinajstić information content (AvgIpc) is 2.39. The fraction of sp³-hybridized carbons (Fsp3) is 0.143. The molecular weight excluding hydrogens is 292 g/mol. The Bertz CT molecular complexity index is 575. The van der Waals surface area contributed by atoms with Crippen LogP contribution in [0.1, 0.15) is 22.8 Å². The molecule has 1 N–H and O–H groups in total. The molecule has 4 heteroatoms. The van der Waals surface area contributed by atoms with Crippen molar-refractivity contribution >= 4 is 15.9 Å². The predicted molar refractivity (Wildman–Crippen MR) is 71.8 cm³/mol. The number of halogens is 1. The van der Waals surface area contributed by atoms with Gasteiger partial charge >= 0.3 is 0 Å². The van der Waals surface area contributed by atoms with E-state index in [1.807, 2.05) is 6.07 Å². The average molecular weight is 303 g/mol. The first kappa shape index (κ1) is 12.7. The summed E-state index contributed by atoms with van der Waals surface area (Å²) in [6.45, 7) is 0. The van der Waals surface area contributed by atoms with E-state index in [1.54, 1.807) is 36.7 Å². The Balaban J connectivity index is 2.12. The van der Waals surface area contributed by atoms with Crippen LogP contribution in [0, 0.1) is 11.3 Å². The lowest BCUT2D eigenvalue weighted by molar-refractivity contribution is 0.178. The van der Waals surface area contributed by atoms with Gasteiger partial charge < -0.3 is 5.11 Å². The van der Waals surface area contributed by atoms with E-state index in [2.05, 4.69) is 27.0 Å². The molecule has 1 unspecified atom stereocenters. The van der Waals surface area contributed by atoms with Gasteiger partial charge in [-0.1, -0.05) is 12.1 Å². The lowest BCUT2D eigenvalue weighted by Crippen LogP contribution is -2.02. The van der Waals surface area contributed by atoms with E-state index in [1.165, 1.54) is 0 Å². The first-order valence-electron chi connectivity index (χ1n) is 5.46. The Morgan fingerprint density at radius 3 is 2.61 bits per heavy atom. The quantitative estimate of drug-likeness (QED) is 0.948. The zero-order chi connectivity index (χ0) is 13.0. The van der Waals surface area contributed by atoms with Crippen LogP contribution in [0.25, 0.3) is 0 Å². The van der Waals surface area contributed by atoms with Gasteiger partial charge in [0.1, 0.15) is 0 Å². The van der Waals surface area contributed by atoms with Crippen molar-refractivity contribution in [3.05, 3.63) is 63.9 Å². The zero-order valence-electron chi connectivity index (χ0n) is 9.55. The normalized spacial score (nSPS) is 11.8. The molecule has 0 fully saturated rings. The van der Waals surface area contributed by atoms with Crippen LogP contribution >= 0.6 is 15.9 Å². The molecule has 90 valence electrons. The highest BCUT2D eigenvalue weighted by Gasteiger charge is 2.09. The molecule has 0 amide bonds. The van der Waals surface area contributed by atoms with E-state index in [9.17, 15) is 5.11 Å². The van der Waals surface area contributed by atoms with E-state index < -0.39 is 6.10 Å². The van der Waals surface area contributed by atoms with Crippen LogP contribution < -0.4 is 0 Å². The summed E-state index contributed by atoms with van der Waals surface area (Å²) in [6, 6.07) is 10.9. The summed E-state index contributed by atoms with van der Waals surface area (Å²) in [5.74, 6) is 0. The van der Waals surface area contributed by atoms with Gasteiger partial charge in [0.2, 0.25) is 0 Å². The van der Waals surface area contributed by atoms with Crippen molar-refractivity contribution < 1.29 is 5.11 Å². The highest BCUT2D eigenvalue weighted by molar-refractivity contribution is 9.10. The van der Waals surface area contributed by atoms with Crippen molar-refractivity contribution in [2.24, 2.45) is 0 Å². The van der Waals surface area contributed by atoms with Gasteiger partial charge in [-0.15, -0.1) is 0 Å². The second-order valence-corrected chi connectivity index (χ2v) is 4.88. The van der Waals surface area contributed by atoms with Crippen molar-refractivity contribution in [1.82, 2.24) is 4.98 Å². The smallest absolute Gasteiger partial charge is 0.0991 e. The highest BCUT2D eigenvalue weighted by Crippen LogP contribution is 2.20. The second kappa shape index (κ2) is 5.76. The molecule has 0 radical (unpaired) electrons. The number of aromatic nitrogens is 1. The molecule has 0 aliphatic heterocycles. The highest BCUT2D eigenvalue weighted by atomic mass is 79.9. The van der Waals surface area contributed by atoms with Gasteiger partial charge in [0.05, 0.1) is 17.7 Å². The van der Waals surface area contributed by atoms with Crippen LogP contribution in [0.5, 0.6) is 0 Å². The van der Waals surface area contributed by atoms with Crippen molar-refractivity contribution in [3.8, 4) is 6.07 Å². The van der Waals surface area contributed by atoms with E-state index >= 15 is 0 Å². The lowest BCUT2D eigenvalue weighted by atomic mass is 10.0. The Kier molecular flexibility index (Phi) is 4.08. The van der Waals surface area contributed by atoms with Crippen molar-refractivity contribution in [2.45, 2.75) is 12.5 Å². The van der Waals surface area contributed by atoms with Gasteiger partial charge in [-0.05, 0) is 45.3 Å². The van der Waals surface area contributed by atoms with Crippen LogP contribution in [-0.4, -0.2) is 10.1 Å². The van der Waals surface area contributed by atoms with Crippen molar-refractivity contribution in [2.75, 3.05) is 0 Å². The van der Waals surface area contributed by atoms with E-state index in [0.717, 1.165) is 15.6 Å². The molecule has 0 bridgehead atoms. The molecule has 0 spiro atoms. The van der Waals surface area contributed by atoms with Crippen molar-refractivity contribution in [1.29, 1.82) is 5.26 Å². The number of pyridine rings is 1. The number of nitrogens with zero attached hydrogens (tertiary/aromatic N) is 2. The third-order valence-electron chi connectivity index (χ3n) is 2.62. The number of aliphatic hydroxyl groups is 1. The Morgan fingerprint density at radius 2 is 2.00 bits per heavy atom. The molecule has 0 saturated carbocycles. The first-order chi connectivity index (χ1) is 8.69. The van der Waals surface area contributed by atoms with Crippen LogP contribution in [0.3, 0.4) is 0 Å². The summed E-state index contributed by atoms with van der Waals surface area (Å²) in [5.41, 5.74) is 2.35. The van der Waals surface area contributed by atoms with E-state index in [4.69, 9.17) is 5.26 Å². The third kappa shape index (κ3) is 3.16. The van der Waals surface area contributed by atoms with E-state index in [-0.39, 0.29) is 0 Å². The minimum Gasteiger partial charge on any atom is -0.388 e. The molecular formula is C14H11BrN2O. The Labute approximate surface area is 114 Å². The topological polar surface area (TPSA) is 56.9 Å². The van der Waals surface area contributed by atoms with Gasteiger partial charge in [-0.3, -0.25) is 4.98 Å². The number of rotatable bonds is 3. The number of hydrogen-bond acceptors (Lipinski definition) is 3. The predicted octanol–water partition coefficient (Wildman–Crippen LogP) is 2.99. The molecule has 1 heterocycles. The van der Waals surface area contributed by atoms with Crippen LogP contribution in [0.2, 0.25) is 0 Å². The van der Waals surface area contributed by atoms with Crippen LogP contribution in [0.15, 0.2) is 47.2 Å². The molecule has 1 atom stereocenters. The monoisotopic (exact) mass is 302 g/mol. The van der Waals surface area contributed by atoms with Gasteiger partial charge in [-0.25, -0.2) is 0 Å². The largest absolute Gasteiger partial charge is 0.388 e. The van der Waals surface area contributed by atoms with Gasteiger partial charge in [0.25, 0.3) is 0 Å². The van der Waals surface area contributed by atoms with Gasteiger partial charge in [-0.2, -0.15) is 5.26 Å². The SMILES string of the molecule is N#Cc1ccc(C(O)Cc2cncc(Br)c2)cc1. The zero-order valence-corrected chi connectivity index (χ0v) is 11.1. The summed E-state index contributed by atoms with van der Waals surface area (Å²) in [4.78, 5) is 4.06. The van der Waals surface area contributed by atoms with Crippen LogP contribution in [-0.2, 0) is 6.42 Å². The van der Waals surface area contributed by atoms with Crippen LogP contribution in [0.4, 0.5) is 0 Å². The van der Waals surface area contributed by atoms with Crippen molar-refractivity contribution in [3.63, 3.8) is 0 Å². The summed E-state index contributed by atoms with van der Waals surface area (Å²) in [6.07, 6.45) is 3.35. The summed E-state index contributed by atoms with van der Waals surface area (Å²) in [7, 11) is 0. The fourth-order valence-corrected chi connectivity index (χ4v) is 2.10. The third-order valence-corrected chi connectivity index (χ3v) is 3.05. The minimum absolute atomic E-state index is 0.498. The lowest BCUT2D eigenvalue weighted by Gasteiger charge is -2.11. The fourth-order valence-electron chi connectivity index (χ4n) is 1.69. The molecule has 3 nitrogen and oxygen atoms in total.